The fourth-order valence-electron chi connectivity index (χ4n) is 1.94. The molecular formula is C14H16F6. The van der Waals surface area contributed by atoms with Crippen LogP contribution in [0.2, 0.25) is 0 Å². The number of hydrogen-bond acceptors (Lipinski definition) is 0. The third kappa shape index (κ3) is 4.72. The van der Waals surface area contributed by atoms with E-state index in [9.17, 15) is 26.3 Å². The molecule has 0 unspecified atom stereocenters. The van der Waals surface area contributed by atoms with Crippen LogP contribution >= 0.6 is 0 Å². The van der Waals surface area contributed by atoms with Crippen LogP contribution in [0.4, 0.5) is 26.3 Å². The van der Waals surface area contributed by atoms with Crippen LogP contribution in [0.15, 0.2) is 18.2 Å². The Kier molecular flexibility index (Phi) is 5.10. The summed E-state index contributed by atoms with van der Waals surface area (Å²) in [6.07, 6.45) is -8.15. The van der Waals surface area contributed by atoms with E-state index < -0.39 is 23.5 Å². The van der Waals surface area contributed by atoms with E-state index in [4.69, 9.17) is 0 Å². The van der Waals surface area contributed by atoms with Crippen LogP contribution in [-0.2, 0) is 18.8 Å². The van der Waals surface area contributed by atoms with Crippen molar-refractivity contribution < 1.29 is 26.3 Å². The minimum atomic E-state index is -4.77. The molecular weight excluding hydrogens is 282 g/mol. The minimum Gasteiger partial charge on any atom is -0.166 e. The molecule has 0 radical (unpaired) electrons. The van der Waals surface area contributed by atoms with Crippen LogP contribution in [0.3, 0.4) is 0 Å². The standard InChI is InChI=1S/C14H16F6/c1-9(2)4-3-5-10-6-7-11(13(15,16)17)8-12(10)14(18,19)20/h6-9H,3-5H2,1-2H3. The first kappa shape index (κ1) is 16.9. The molecule has 0 nitrogen and oxygen atoms in total. The van der Waals surface area contributed by atoms with Crippen molar-refractivity contribution in [2.75, 3.05) is 0 Å². The molecule has 0 amide bonds. The normalized spacial score (nSPS) is 13.1. The Morgan fingerprint density at radius 2 is 1.55 bits per heavy atom. The molecule has 0 atom stereocenters. The van der Waals surface area contributed by atoms with Crippen LogP contribution in [0.25, 0.3) is 0 Å². The van der Waals surface area contributed by atoms with Gasteiger partial charge in [0.15, 0.2) is 0 Å². The summed E-state index contributed by atoms with van der Waals surface area (Å²) in [7, 11) is 0. The summed E-state index contributed by atoms with van der Waals surface area (Å²) in [5, 5.41) is 0. The first-order valence-corrected chi connectivity index (χ1v) is 6.29. The second kappa shape index (κ2) is 6.06. The van der Waals surface area contributed by atoms with Crippen molar-refractivity contribution >= 4 is 0 Å². The average Bonchev–Trinajstić information content (AvgIpc) is 2.25. The highest BCUT2D eigenvalue weighted by molar-refractivity contribution is 5.35. The molecule has 1 aromatic rings. The summed E-state index contributed by atoms with van der Waals surface area (Å²) in [5.74, 6) is 0.346. The Labute approximate surface area is 113 Å². The van der Waals surface area contributed by atoms with Crippen LogP contribution in [0, 0.1) is 5.92 Å². The van der Waals surface area contributed by atoms with E-state index in [2.05, 4.69) is 0 Å². The molecule has 1 rings (SSSR count). The molecule has 1 aromatic carbocycles. The summed E-state index contributed by atoms with van der Waals surface area (Å²) in [6.45, 7) is 3.88. The maximum Gasteiger partial charge on any atom is 0.416 e. The third-order valence-electron chi connectivity index (χ3n) is 2.97. The van der Waals surface area contributed by atoms with Crippen molar-refractivity contribution in [3.05, 3.63) is 34.9 Å². The Morgan fingerprint density at radius 1 is 0.950 bits per heavy atom. The van der Waals surface area contributed by atoms with E-state index in [1.54, 1.807) is 0 Å². The molecule has 0 aromatic heterocycles. The van der Waals surface area contributed by atoms with Gasteiger partial charge in [-0.15, -0.1) is 0 Å². The molecule has 0 fully saturated rings. The maximum atomic E-state index is 12.8. The first-order chi connectivity index (χ1) is 9.01. The molecule has 20 heavy (non-hydrogen) atoms. The largest absolute Gasteiger partial charge is 0.416 e. The summed E-state index contributed by atoms with van der Waals surface area (Å²) in [4.78, 5) is 0. The molecule has 0 spiro atoms. The predicted molar refractivity (Wildman–Crippen MR) is 64.2 cm³/mol. The molecule has 0 aliphatic heterocycles. The van der Waals surface area contributed by atoms with Crippen LogP contribution in [0.5, 0.6) is 0 Å². The molecule has 0 saturated carbocycles. The zero-order valence-electron chi connectivity index (χ0n) is 11.2. The van der Waals surface area contributed by atoms with Gasteiger partial charge in [-0.3, -0.25) is 0 Å². The van der Waals surface area contributed by atoms with Gasteiger partial charge in [0.1, 0.15) is 0 Å². The topological polar surface area (TPSA) is 0 Å². The zero-order chi connectivity index (χ0) is 15.6. The lowest BCUT2D eigenvalue weighted by Crippen LogP contribution is -2.13. The van der Waals surface area contributed by atoms with Crippen molar-refractivity contribution in [3.63, 3.8) is 0 Å². The van der Waals surface area contributed by atoms with Gasteiger partial charge in [0.05, 0.1) is 11.1 Å². The number of halogens is 6. The zero-order valence-corrected chi connectivity index (χ0v) is 11.2. The van der Waals surface area contributed by atoms with E-state index in [0.29, 0.717) is 18.4 Å². The van der Waals surface area contributed by atoms with Gasteiger partial charge in [-0.05, 0) is 36.5 Å². The summed E-state index contributed by atoms with van der Waals surface area (Å²) < 4.78 is 75.9. The smallest absolute Gasteiger partial charge is 0.166 e. The van der Waals surface area contributed by atoms with Crippen LogP contribution < -0.4 is 0 Å². The fourth-order valence-corrected chi connectivity index (χ4v) is 1.94. The highest BCUT2D eigenvalue weighted by Crippen LogP contribution is 2.37. The Balaban J connectivity index is 3.05. The molecule has 0 aliphatic rings. The molecule has 0 saturated heterocycles. The minimum absolute atomic E-state index is 0.0776. The van der Waals surface area contributed by atoms with Crippen LogP contribution in [-0.4, -0.2) is 0 Å². The fraction of sp³-hybridized carbons (Fsp3) is 0.571. The first-order valence-electron chi connectivity index (χ1n) is 6.29. The Morgan fingerprint density at radius 3 is 2.00 bits per heavy atom. The second-order valence-electron chi connectivity index (χ2n) is 5.15. The molecule has 114 valence electrons. The summed E-state index contributed by atoms with van der Waals surface area (Å²) in [6, 6.07) is 1.84. The number of benzene rings is 1. The van der Waals surface area contributed by atoms with Gasteiger partial charge in [0.2, 0.25) is 0 Å². The van der Waals surface area contributed by atoms with Gasteiger partial charge < -0.3 is 0 Å². The van der Waals surface area contributed by atoms with Crippen molar-refractivity contribution in [2.24, 2.45) is 5.92 Å². The van der Waals surface area contributed by atoms with Crippen molar-refractivity contribution in [1.29, 1.82) is 0 Å². The Hall–Kier alpha value is -1.20. The van der Waals surface area contributed by atoms with Crippen LogP contribution in [0.1, 0.15) is 43.4 Å². The maximum absolute atomic E-state index is 12.8. The number of alkyl halides is 6. The Bertz CT molecular complexity index is 442. The highest BCUT2D eigenvalue weighted by Gasteiger charge is 2.37. The third-order valence-corrected chi connectivity index (χ3v) is 2.97. The number of rotatable bonds is 4. The quantitative estimate of drug-likeness (QED) is 0.625. The van der Waals surface area contributed by atoms with E-state index in [0.717, 1.165) is 12.5 Å². The lowest BCUT2D eigenvalue weighted by molar-refractivity contribution is -0.143. The molecule has 0 N–H and O–H groups in total. The summed E-state index contributed by atoms with van der Waals surface area (Å²) in [5.41, 5.74) is -2.53. The van der Waals surface area contributed by atoms with E-state index in [1.165, 1.54) is 0 Å². The van der Waals surface area contributed by atoms with Gasteiger partial charge in [0, 0.05) is 0 Å². The molecule has 0 heterocycles. The highest BCUT2D eigenvalue weighted by atomic mass is 19.4. The predicted octanol–water partition coefficient (Wildman–Crippen LogP) is 5.70. The lowest BCUT2D eigenvalue weighted by atomic mass is 9.96. The monoisotopic (exact) mass is 298 g/mol. The van der Waals surface area contributed by atoms with E-state index in [1.807, 2.05) is 13.8 Å². The second-order valence-corrected chi connectivity index (χ2v) is 5.15. The van der Waals surface area contributed by atoms with Crippen molar-refractivity contribution in [2.45, 2.75) is 45.5 Å². The molecule has 6 heteroatoms. The lowest BCUT2D eigenvalue weighted by Gasteiger charge is -2.16. The van der Waals surface area contributed by atoms with Crippen molar-refractivity contribution in [3.8, 4) is 0 Å². The van der Waals surface area contributed by atoms with Gasteiger partial charge in [-0.25, -0.2) is 0 Å². The van der Waals surface area contributed by atoms with Gasteiger partial charge >= 0.3 is 12.4 Å². The van der Waals surface area contributed by atoms with Gasteiger partial charge in [-0.2, -0.15) is 26.3 Å². The molecule has 0 aliphatic carbocycles. The van der Waals surface area contributed by atoms with Gasteiger partial charge in [-0.1, -0.05) is 26.3 Å². The van der Waals surface area contributed by atoms with E-state index in [-0.39, 0.29) is 18.1 Å². The van der Waals surface area contributed by atoms with Gasteiger partial charge in [0.25, 0.3) is 0 Å². The van der Waals surface area contributed by atoms with Crippen molar-refractivity contribution in [1.82, 2.24) is 0 Å². The SMILES string of the molecule is CC(C)CCCc1ccc(C(F)(F)F)cc1C(F)(F)F. The molecule has 0 bridgehead atoms. The number of aryl methyl sites for hydroxylation is 1. The number of hydrogen-bond donors (Lipinski definition) is 0. The van der Waals surface area contributed by atoms with E-state index >= 15 is 0 Å². The summed E-state index contributed by atoms with van der Waals surface area (Å²) >= 11 is 0. The average molecular weight is 298 g/mol.